The summed E-state index contributed by atoms with van der Waals surface area (Å²) in [5.74, 6) is 0.693. The van der Waals surface area contributed by atoms with Gasteiger partial charge in [0.15, 0.2) is 0 Å². The maximum Gasteiger partial charge on any atom is 0.141 e. The summed E-state index contributed by atoms with van der Waals surface area (Å²) in [5.41, 5.74) is 2.63. The van der Waals surface area contributed by atoms with E-state index in [0.29, 0.717) is 12.2 Å². The molecule has 0 radical (unpaired) electrons. The van der Waals surface area contributed by atoms with E-state index in [2.05, 4.69) is 53.6 Å². The van der Waals surface area contributed by atoms with Crippen molar-refractivity contribution < 1.29 is 4.79 Å². The predicted molar refractivity (Wildman–Crippen MR) is 92.2 cm³/mol. The van der Waals surface area contributed by atoms with Crippen LogP contribution in [-0.4, -0.2) is 23.8 Å². The van der Waals surface area contributed by atoms with Crippen molar-refractivity contribution in [3.8, 4) is 0 Å². The number of Topliss-reactive ketones (excluding diaryl/α,β-unsaturated/α-hetero) is 1. The average molecular weight is 313 g/mol. The lowest BCUT2D eigenvalue weighted by molar-refractivity contribution is -0.123. The number of thiophene rings is 1. The van der Waals surface area contributed by atoms with Crippen LogP contribution in [0.2, 0.25) is 0 Å². The zero-order valence-electron chi connectivity index (χ0n) is 13.1. The lowest BCUT2D eigenvalue weighted by atomic mass is 9.90. The van der Waals surface area contributed by atoms with Gasteiger partial charge < -0.3 is 0 Å². The molecule has 2 nitrogen and oxygen atoms in total. The zero-order valence-corrected chi connectivity index (χ0v) is 13.9. The standard InChI is InChI=1S/C19H23NOS/c1-15-9-12-22-19(15)13-18(21)17-7-10-20(11-8-17)14-16-5-3-2-4-6-16/h2-6,9,12,17H,7-8,10-11,13-14H2,1H3. The van der Waals surface area contributed by atoms with Gasteiger partial charge >= 0.3 is 0 Å². The fourth-order valence-electron chi connectivity index (χ4n) is 3.14. The Bertz CT molecular complexity index is 611. The van der Waals surface area contributed by atoms with Crippen LogP contribution in [0.3, 0.4) is 0 Å². The minimum absolute atomic E-state index is 0.258. The number of hydrogen-bond acceptors (Lipinski definition) is 3. The van der Waals surface area contributed by atoms with Crippen LogP contribution in [0.4, 0.5) is 0 Å². The Labute approximate surface area is 136 Å². The number of rotatable bonds is 5. The first-order chi connectivity index (χ1) is 10.7. The van der Waals surface area contributed by atoms with E-state index >= 15 is 0 Å². The largest absolute Gasteiger partial charge is 0.299 e. The Morgan fingerprint density at radius 2 is 1.91 bits per heavy atom. The van der Waals surface area contributed by atoms with Crippen molar-refractivity contribution in [1.29, 1.82) is 0 Å². The van der Waals surface area contributed by atoms with Gasteiger partial charge in [0.25, 0.3) is 0 Å². The van der Waals surface area contributed by atoms with Gasteiger partial charge in [-0.05, 0) is 55.4 Å². The number of aryl methyl sites for hydroxylation is 1. The van der Waals surface area contributed by atoms with Crippen LogP contribution in [0.5, 0.6) is 0 Å². The molecule has 0 N–H and O–H groups in total. The van der Waals surface area contributed by atoms with Crippen molar-refractivity contribution in [3.63, 3.8) is 0 Å². The number of carbonyl (C=O) groups excluding carboxylic acids is 1. The third-order valence-electron chi connectivity index (χ3n) is 4.59. The monoisotopic (exact) mass is 313 g/mol. The molecule has 22 heavy (non-hydrogen) atoms. The van der Waals surface area contributed by atoms with Gasteiger partial charge in [-0.3, -0.25) is 9.69 Å². The highest BCUT2D eigenvalue weighted by Gasteiger charge is 2.25. The van der Waals surface area contributed by atoms with Gasteiger partial charge in [-0.1, -0.05) is 30.3 Å². The number of piperidine rings is 1. The highest BCUT2D eigenvalue weighted by atomic mass is 32.1. The van der Waals surface area contributed by atoms with Crippen molar-refractivity contribution in [3.05, 3.63) is 57.8 Å². The van der Waals surface area contributed by atoms with E-state index in [-0.39, 0.29) is 5.92 Å². The molecule has 3 heteroatoms. The molecule has 0 bridgehead atoms. The SMILES string of the molecule is Cc1ccsc1CC(=O)C1CCN(Cc2ccccc2)CC1. The summed E-state index contributed by atoms with van der Waals surface area (Å²) in [7, 11) is 0. The summed E-state index contributed by atoms with van der Waals surface area (Å²) in [4.78, 5) is 16.2. The summed E-state index contributed by atoms with van der Waals surface area (Å²) in [6.07, 6.45) is 2.65. The second kappa shape index (κ2) is 7.21. The molecule has 1 aliphatic heterocycles. The minimum Gasteiger partial charge on any atom is -0.299 e. The lowest BCUT2D eigenvalue weighted by Crippen LogP contribution is -2.36. The molecule has 1 saturated heterocycles. The number of benzene rings is 1. The molecule has 0 atom stereocenters. The molecule has 1 aliphatic rings. The topological polar surface area (TPSA) is 20.3 Å². The molecule has 2 aromatic rings. The smallest absolute Gasteiger partial charge is 0.141 e. The first-order valence-electron chi connectivity index (χ1n) is 8.04. The Morgan fingerprint density at radius 1 is 1.18 bits per heavy atom. The highest BCUT2D eigenvalue weighted by Crippen LogP contribution is 2.24. The fraction of sp³-hybridized carbons (Fsp3) is 0.421. The van der Waals surface area contributed by atoms with Gasteiger partial charge in [0.1, 0.15) is 5.78 Å². The molecule has 1 aromatic carbocycles. The molecule has 0 aliphatic carbocycles. The minimum atomic E-state index is 0.258. The van der Waals surface area contributed by atoms with Gasteiger partial charge in [0, 0.05) is 23.8 Å². The van der Waals surface area contributed by atoms with Crippen molar-refractivity contribution in [2.75, 3.05) is 13.1 Å². The molecule has 2 heterocycles. The van der Waals surface area contributed by atoms with Crippen LogP contribution in [-0.2, 0) is 17.8 Å². The maximum absolute atomic E-state index is 12.5. The van der Waals surface area contributed by atoms with Crippen LogP contribution >= 0.6 is 11.3 Å². The molecule has 0 amide bonds. The molecule has 1 aromatic heterocycles. The van der Waals surface area contributed by atoms with Crippen LogP contribution in [0.15, 0.2) is 41.8 Å². The molecule has 3 rings (SSSR count). The molecular weight excluding hydrogens is 290 g/mol. The van der Waals surface area contributed by atoms with E-state index < -0.39 is 0 Å². The molecular formula is C19H23NOS. The third-order valence-corrected chi connectivity index (χ3v) is 5.62. The van der Waals surface area contributed by atoms with E-state index in [1.54, 1.807) is 11.3 Å². The molecule has 0 spiro atoms. The number of likely N-dealkylation sites (tertiary alicyclic amines) is 1. The normalized spacial score (nSPS) is 16.8. The van der Waals surface area contributed by atoms with E-state index in [4.69, 9.17) is 0 Å². The van der Waals surface area contributed by atoms with Crippen LogP contribution in [0, 0.1) is 12.8 Å². The molecule has 0 unspecified atom stereocenters. The number of nitrogens with zero attached hydrogens (tertiary/aromatic N) is 1. The van der Waals surface area contributed by atoms with Crippen molar-refractivity contribution >= 4 is 17.1 Å². The first-order valence-corrected chi connectivity index (χ1v) is 8.92. The van der Waals surface area contributed by atoms with Gasteiger partial charge in [0.05, 0.1) is 0 Å². The van der Waals surface area contributed by atoms with Crippen molar-refractivity contribution in [2.24, 2.45) is 5.92 Å². The van der Waals surface area contributed by atoms with Gasteiger partial charge in [-0.2, -0.15) is 0 Å². The van der Waals surface area contributed by atoms with Crippen LogP contribution in [0.1, 0.15) is 28.8 Å². The summed E-state index contributed by atoms with van der Waals surface area (Å²) >= 11 is 1.71. The first kappa shape index (κ1) is 15.4. The Kier molecular flexibility index (Phi) is 5.06. The summed E-state index contributed by atoms with van der Waals surface area (Å²) in [5, 5.41) is 2.08. The summed E-state index contributed by atoms with van der Waals surface area (Å²) in [6, 6.07) is 12.7. The third kappa shape index (κ3) is 3.84. The number of hydrogen-bond donors (Lipinski definition) is 0. The molecule has 116 valence electrons. The molecule has 1 fully saturated rings. The number of ketones is 1. The van der Waals surface area contributed by atoms with E-state index in [9.17, 15) is 4.79 Å². The fourth-order valence-corrected chi connectivity index (χ4v) is 4.06. The predicted octanol–water partition coefficient (Wildman–Crippen LogP) is 4.08. The van der Waals surface area contributed by atoms with Gasteiger partial charge in [0.2, 0.25) is 0 Å². The Hall–Kier alpha value is -1.45. The molecule has 0 saturated carbocycles. The Balaban J connectivity index is 1.49. The quantitative estimate of drug-likeness (QED) is 0.829. The Morgan fingerprint density at radius 3 is 2.55 bits per heavy atom. The highest BCUT2D eigenvalue weighted by molar-refractivity contribution is 7.10. The van der Waals surface area contributed by atoms with E-state index in [1.807, 2.05) is 0 Å². The van der Waals surface area contributed by atoms with Gasteiger partial charge in [-0.15, -0.1) is 11.3 Å². The van der Waals surface area contributed by atoms with Gasteiger partial charge in [-0.25, -0.2) is 0 Å². The van der Waals surface area contributed by atoms with E-state index in [1.165, 1.54) is 16.0 Å². The number of carbonyl (C=O) groups is 1. The van der Waals surface area contributed by atoms with Crippen molar-refractivity contribution in [1.82, 2.24) is 4.90 Å². The van der Waals surface area contributed by atoms with Crippen LogP contribution in [0.25, 0.3) is 0 Å². The zero-order chi connectivity index (χ0) is 15.4. The lowest BCUT2D eigenvalue weighted by Gasteiger charge is -2.31. The van der Waals surface area contributed by atoms with Crippen molar-refractivity contribution in [2.45, 2.75) is 32.7 Å². The summed E-state index contributed by atoms with van der Waals surface area (Å²) < 4.78 is 0. The second-order valence-electron chi connectivity index (χ2n) is 6.21. The maximum atomic E-state index is 12.5. The average Bonchev–Trinajstić information content (AvgIpc) is 2.94. The second-order valence-corrected chi connectivity index (χ2v) is 7.21. The van der Waals surface area contributed by atoms with E-state index in [0.717, 1.165) is 32.5 Å². The summed E-state index contributed by atoms with van der Waals surface area (Å²) in [6.45, 7) is 5.18. The van der Waals surface area contributed by atoms with Crippen LogP contribution < -0.4 is 0 Å².